The second-order valence-electron chi connectivity index (χ2n) is 22.3. The number of hydrogen-bond acceptors (Lipinski definition) is 17. The third-order valence-electron chi connectivity index (χ3n) is 15.4. The van der Waals surface area contributed by atoms with Crippen molar-refractivity contribution in [1.29, 1.82) is 0 Å². The van der Waals surface area contributed by atoms with Crippen molar-refractivity contribution in [2.75, 3.05) is 26.8 Å². The average molecular weight is 1240 g/mol. The maximum Gasteiger partial charge on any atom is 0.328 e. The molecule has 0 radical (unpaired) electrons. The van der Waals surface area contributed by atoms with Gasteiger partial charge in [0.1, 0.15) is 66.5 Å². The molecule has 1 fully saturated rings. The Bertz CT molecular complexity index is 2540. The molecular formula is C58H97N15O15. The number of rotatable bonds is 35. The highest BCUT2D eigenvalue weighted by molar-refractivity contribution is 5.99. The Morgan fingerprint density at radius 3 is 1.55 bits per heavy atom. The van der Waals surface area contributed by atoms with Crippen LogP contribution in [-0.2, 0) is 68.7 Å². The zero-order valence-corrected chi connectivity index (χ0v) is 52.3. The lowest BCUT2D eigenvalue weighted by molar-refractivity contribution is -0.156. The van der Waals surface area contributed by atoms with Gasteiger partial charge in [-0.05, 0) is 76.3 Å². The first kappa shape index (κ1) is 76.1. The number of aliphatic imine (C=N–C) groups is 1. The molecular weight excluding hydrogens is 1150 g/mol. The van der Waals surface area contributed by atoms with Crippen LogP contribution < -0.4 is 75.7 Å². The predicted molar refractivity (Wildman–Crippen MR) is 324 cm³/mol. The number of ether oxygens (including phenoxy) is 1. The Hall–Kier alpha value is -7.99. The summed E-state index contributed by atoms with van der Waals surface area (Å²) in [6, 6.07) is -6.31. The summed E-state index contributed by atoms with van der Waals surface area (Å²) in [7, 11) is 1.60. The van der Waals surface area contributed by atoms with Crippen molar-refractivity contribution in [3.05, 3.63) is 35.9 Å². The number of nitrogens with one attached hydrogen (secondary N) is 11. The van der Waals surface area contributed by atoms with Gasteiger partial charge in [-0.2, -0.15) is 0 Å². The van der Waals surface area contributed by atoms with Gasteiger partial charge in [0.25, 0.3) is 0 Å². The quantitative estimate of drug-likeness (QED) is 0.0134. The standard InChI is InChI=1S/C58H97N15O15/c1-11-15-22-38-57(87)88-34(9)46(56(86)64-33(8)47(77)65-36(48(78)67-38)23-19-26-63-58(60)61)73-52(82)41(29-75)69-54(84)44(31(6)13-3)72-55(85)45(32(7)14-4)70-49(79)37(24-25-42(59)76)66-51(81)40(28-74)68-53(83)43(30(5)12-2)71-50(80)39(62-10)27-35-20-17-16-18-21-35/h16-18,20-21,30-34,36-41,43-46,62,74-75H,11-15,19,22-29H2,1-10H3,(H2,59,76)(H,64,86)(H,65,77)(H,66,81)(H,67,78)(H,68,83)(H,69,84)(H,70,79)(H,71,80)(H,72,85)(H,73,82)(H4,60,61,63)/t30-,31-,32-,33-,34-,36-,37+,38?,39+,40-,41-,43-,44-,45+,46+/m0/s1. The molecule has 0 aliphatic carbocycles. The summed E-state index contributed by atoms with van der Waals surface area (Å²) in [5.41, 5.74) is 17.2. The van der Waals surface area contributed by atoms with Gasteiger partial charge in [0, 0.05) is 13.0 Å². The summed E-state index contributed by atoms with van der Waals surface area (Å²) in [6.07, 6.45) is 0.311. The number of likely N-dealkylation sites (N-methyl/N-ethyl adjacent to an activating group) is 1. The van der Waals surface area contributed by atoms with E-state index in [-0.39, 0.29) is 44.6 Å². The number of unbranched alkanes of at least 4 members (excludes halogenated alkanes) is 1. The minimum Gasteiger partial charge on any atom is -0.458 e. The molecule has 0 aromatic heterocycles. The molecule has 30 nitrogen and oxygen atoms in total. The zero-order valence-electron chi connectivity index (χ0n) is 52.3. The third-order valence-corrected chi connectivity index (χ3v) is 15.4. The molecule has 1 aliphatic rings. The van der Waals surface area contributed by atoms with Crippen molar-refractivity contribution in [2.45, 2.75) is 206 Å². The normalized spacial score (nSPS) is 20.7. The van der Waals surface area contributed by atoms with Crippen LogP contribution in [0.3, 0.4) is 0 Å². The molecule has 1 unspecified atom stereocenters. The average Bonchev–Trinajstić information content (AvgIpc) is 3.35. The molecule has 1 saturated heterocycles. The summed E-state index contributed by atoms with van der Waals surface area (Å²) in [5, 5.41) is 49.2. The van der Waals surface area contributed by atoms with Gasteiger partial charge < -0.3 is 90.6 Å². The fourth-order valence-electron chi connectivity index (χ4n) is 9.12. The van der Waals surface area contributed by atoms with Gasteiger partial charge in [-0.15, -0.1) is 0 Å². The van der Waals surface area contributed by atoms with Gasteiger partial charge in [-0.25, -0.2) is 4.79 Å². The van der Waals surface area contributed by atoms with E-state index in [1.165, 1.54) is 13.8 Å². The van der Waals surface area contributed by atoms with E-state index in [1.54, 1.807) is 48.6 Å². The second-order valence-corrected chi connectivity index (χ2v) is 22.3. The SMILES string of the molecule is CCCCC1NC(=O)[C@H](CCCN=C(N)N)NC(=O)[C@H](C)NC(=O)[C@H](NC(=O)[C@H](CO)NC(=O)[C@@H](NC(=O)[C@H](NC(=O)[C@@H](CCC(N)=O)NC(=O)[C@H](CO)NC(=O)[C@@H](NC(=O)[C@@H](Cc2ccccc2)NC)[C@@H](C)CC)[C@@H](C)CC)[C@@H](C)CC)[C@H](C)OC1=O. The summed E-state index contributed by atoms with van der Waals surface area (Å²) in [5.74, 6) is -12.8. The van der Waals surface area contributed by atoms with E-state index in [9.17, 15) is 67.7 Å². The van der Waals surface area contributed by atoms with Gasteiger partial charge in [-0.3, -0.25) is 57.7 Å². The van der Waals surface area contributed by atoms with E-state index in [2.05, 4.69) is 63.5 Å². The molecule has 1 aromatic rings. The summed E-state index contributed by atoms with van der Waals surface area (Å²) < 4.78 is 5.68. The lowest BCUT2D eigenvalue weighted by Gasteiger charge is -2.31. The number of amides is 11. The molecule has 19 N–H and O–H groups in total. The van der Waals surface area contributed by atoms with Crippen molar-refractivity contribution in [1.82, 2.24) is 58.5 Å². The van der Waals surface area contributed by atoms with E-state index < -0.39 is 187 Å². The zero-order chi connectivity index (χ0) is 66.4. The number of hydrogen-bond donors (Lipinski definition) is 16. The van der Waals surface area contributed by atoms with Gasteiger partial charge in [0.15, 0.2) is 5.96 Å². The number of nitrogens with two attached hydrogens (primary N) is 3. The van der Waals surface area contributed by atoms with Gasteiger partial charge in [-0.1, -0.05) is 111 Å². The fourth-order valence-corrected chi connectivity index (χ4v) is 9.12. The van der Waals surface area contributed by atoms with Crippen molar-refractivity contribution < 1.29 is 72.5 Å². The van der Waals surface area contributed by atoms with E-state index in [1.807, 2.05) is 37.3 Å². The molecule has 1 aliphatic heterocycles. The molecule has 0 saturated carbocycles. The minimum atomic E-state index is -1.82. The molecule has 30 heteroatoms. The van der Waals surface area contributed by atoms with Crippen LogP contribution >= 0.6 is 0 Å². The van der Waals surface area contributed by atoms with Gasteiger partial charge in [0.2, 0.25) is 65.0 Å². The summed E-state index contributed by atoms with van der Waals surface area (Å²) >= 11 is 0. The maximum atomic E-state index is 14.4. The molecule has 0 spiro atoms. The number of guanidine groups is 1. The number of nitrogens with zero attached hydrogens (tertiary/aromatic N) is 1. The molecule has 88 heavy (non-hydrogen) atoms. The van der Waals surface area contributed by atoms with Gasteiger partial charge in [0.05, 0.1) is 19.3 Å². The second kappa shape index (κ2) is 39.0. The Labute approximate surface area is 514 Å². The lowest BCUT2D eigenvalue weighted by Crippen LogP contribution is -2.63. The van der Waals surface area contributed by atoms with Crippen molar-refractivity contribution in [2.24, 2.45) is 39.9 Å². The van der Waals surface area contributed by atoms with Crippen LogP contribution in [0, 0.1) is 17.8 Å². The number of cyclic esters (lactones) is 1. The van der Waals surface area contributed by atoms with Crippen LogP contribution in [0.1, 0.15) is 132 Å². The molecule has 11 amide bonds. The van der Waals surface area contributed by atoms with E-state index in [4.69, 9.17) is 21.9 Å². The number of esters is 1. The van der Waals surface area contributed by atoms with Crippen LogP contribution in [-0.4, -0.2) is 186 Å². The highest BCUT2D eigenvalue weighted by Crippen LogP contribution is 2.16. The summed E-state index contributed by atoms with van der Waals surface area (Å²) in [6.45, 7) is 12.6. The first-order valence-electron chi connectivity index (χ1n) is 30.1. The monoisotopic (exact) mass is 1240 g/mol. The van der Waals surface area contributed by atoms with Crippen molar-refractivity contribution in [3.8, 4) is 0 Å². The Morgan fingerprint density at radius 1 is 0.591 bits per heavy atom. The fraction of sp³-hybridized carbons (Fsp3) is 0.672. The van der Waals surface area contributed by atoms with Crippen LogP contribution in [0.5, 0.6) is 0 Å². The number of primary amides is 1. The van der Waals surface area contributed by atoms with Crippen molar-refractivity contribution in [3.63, 3.8) is 0 Å². The topological polar surface area (TPSA) is 477 Å². The van der Waals surface area contributed by atoms with E-state index in [0.717, 1.165) is 5.56 Å². The van der Waals surface area contributed by atoms with Crippen LogP contribution in [0.25, 0.3) is 0 Å². The van der Waals surface area contributed by atoms with Gasteiger partial charge >= 0.3 is 5.97 Å². The Balaban J connectivity index is 2.40. The largest absolute Gasteiger partial charge is 0.458 e. The minimum absolute atomic E-state index is 0.0312. The van der Waals surface area contributed by atoms with Crippen LogP contribution in [0.15, 0.2) is 35.3 Å². The number of carbonyl (C=O) groups excluding carboxylic acids is 12. The van der Waals surface area contributed by atoms with Crippen LogP contribution in [0.2, 0.25) is 0 Å². The number of aliphatic hydroxyl groups excluding tert-OH is 2. The molecule has 494 valence electrons. The number of aliphatic hydroxyl groups is 2. The smallest absolute Gasteiger partial charge is 0.328 e. The Morgan fingerprint density at radius 2 is 1.06 bits per heavy atom. The molecule has 1 aromatic carbocycles. The first-order chi connectivity index (χ1) is 41.6. The molecule has 1 heterocycles. The first-order valence-corrected chi connectivity index (χ1v) is 30.1. The maximum absolute atomic E-state index is 14.4. The summed E-state index contributed by atoms with van der Waals surface area (Å²) in [4.78, 5) is 169. The number of benzene rings is 1. The van der Waals surface area contributed by atoms with E-state index in [0.29, 0.717) is 25.7 Å². The predicted octanol–water partition coefficient (Wildman–Crippen LogP) is -3.74. The lowest BCUT2D eigenvalue weighted by atomic mass is 9.94. The van der Waals surface area contributed by atoms with E-state index >= 15 is 0 Å². The van der Waals surface area contributed by atoms with Crippen molar-refractivity contribution >= 4 is 76.9 Å². The third kappa shape index (κ3) is 25.0. The van der Waals surface area contributed by atoms with Crippen LogP contribution in [0.4, 0.5) is 0 Å². The molecule has 0 bridgehead atoms. The highest BCUT2D eigenvalue weighted by Gasteiger charge is 2.40. The molecule has 2 rings (SSSR count). The highest BCUT2D eigenvalue weighted by atomic mass is 16.5. The Kier molecular flexibility index (Phi) is 33.7. The molecule has 15 atom stereocenters. The number of carbonyl (C=O) groups is 12.